The molecule has 5 nitrogen and oxygen atoms in total. The first-order valence-electron chi connectivity index (χ1n) is 9.19. The molecule has 29 heavy (non-hydrogen) atoms. The van der Waals surface area contributed by atoms with Gasteiger partial charge in [-0.3, -0.25) is 4.79 Å². The molecule has 0 atom stereocenters. The molecule has 0 saturated heterocycles. The van der Waals surface area contributed by atoms with Gasteiger partial charge in [-0.25, -0.2) is 4.98 Å². The SMILES string of the molecule is N#Cc1ccccc1CSCCNC(=O)CCc1ncc(-c2ccccc2Cl)o1. The highest BCUT2D eigenvalue weighted by Gasteiger charge is 2.11. The van der Waals surface area contributed by atoms with Gasteiger partial charge in [0.25, 0.3) is 0 Å². The molecule has 0 unspecified atom stereocenters. The van der Waals surface area contributed by atoms with Crippen LogP contribution < -0.4 is 5.32 Å². The lowest BCUT2D eigenvalue weighted by molar-refractivity contribution is -0.121. The number of amides is 1. The number of carbonyl (C=O) groups is 1. The molecule has 0 aliphatic heterocycles. The van der Waals surface area contributed by atoms with E-state index in [1.807, 2.05) is 42.5 Å². The summed E-state index contributed by atoms with van der Waals surface area (Å²) in [5, 5.41) is 12.6. The smallest absolute Gasteiger partial charge is 0.220 e. The Morgan fingerprint density at radius 1 is 1.21 bits per heavy atom. The molecular weight excluding hydrogens is 406 g/mol. The fourth-order valence-corrected chi connectivity index (χ4v) is 3.81. The molecule has 0 radical (unpaired) electrons. The third-order valence-electron chi connectivity index (χ3n) is 4.22. The van der Waals surface area contributed by atoms with Crippen molar-refractivity contribution in [1.82, 2.24) is 10.3 Å². The van der Waals surface area contributed by atoms with Gasteiger partial charge in [0, 0.05) is 36.5 Å². The molecule has 0 saturated carbocycles. The average Bonchev–Trinajstić information content (AvgIpc) is 3.21. The predicted molar refractivity (Wildman–Crippen MR) is 116 cm³/mol. The van der Waals surface area contributed by atoms with Gasteiger partial charge in [0.1, 0.15) is 0 Å². The molecule has 0 fully saturated rings. The lowest BCUT2D eigenvalue weighted by Crippen LogP contribution is -2.26. The van der Waals surface area contributed by atoms with Crippen LogP contribution >= 0.6 is 23.4 Å². The Labute approximate surface area is 179 Å². The van der Waals surface area contributed by atoms with E-state index < -0.39 is 0 Å². The Hall–Kier alpha value is -2.75. The summed E-state index contributed by atoms with van der Waals surface area (Å²) in [6.07, 6.45) is 2.37. The quantitative estimate of drug-likeness (QED) is 0.496. The van der Waals surface area contributed by atoms with Crippen LogP contribution in [0.15, 0.2) is 59.1 Å². The molecule has 1 aromatic heterocycles. The molecular formula is C22H20ClN3O2S. The van der Waals surface area contributed by atoms with Crippen LogP contribution in [0.5, 0.6) is 0 Å². The minimum absolute atomic E-state index is 0.0412. The summed E-state index contributed by atoms with van der Waals surface area (Å²) in [6.45, 7) is 0.578. The zero-order valence-electron chi connectivity index (χ0n) is 15.7. The number of carbonyl (C=O) groups excluding carboxylic acids is 1. The number of oxazole rings is 1. The van der Waals surface area contributed by atoms with E-state index >= 15 is 0 Å². The molecule has 1 heterocycles. The molecule has 7 heteroatoms. The summed E-state index contributed by atoms with van der Waals surface area (Å²) in [6, 6.07) is 17.2. The van der Waals surface area contributed by atoms with Gasteiger partial charge in [0.2, 0.25) is 5.91 Å². The number of aromatic nitrogens is 1. The maximum atomic E-state index is 12.0. The van der Waals surface area contributed by atoms with Crippen LogP contribution in [0.3, 0.4) is 0 Å². The topological polar surface area (TPSA) is 78.9 Å². The van der Waals surface area contributed by atoms with Crippen molar-refractivity contribution in [2.45, 2.75) is 18.6 Å². The Kier molecular flexibility index (Phi) is 7.74. The fourth-order valence-electron chi connectivity index (χ4n) is 2.72. The Morgan fingerprint density at radius 2 is 2.00 bits per heavy atom. The standard InChI is InChI=1S/C22H20ClN3O2S/c23-19-8-4-3-7-18(19)20-14-26-22(28-20)10-9-21(27)25-11-12-29-15-17-6-2-1-5-16(17)13-24/h1-8,14H,9-12,15H2,(H,25,27). The highest BCUT2D eigenvalue weighted by Crippen LogP contribution is 2.28. The van der Waals surface area contributed by atoms with Crippen LogP contribution in [0.4, 0.5) is 0 Å². The van der Waals surface area contributed by atoms with E-state index in [4.69, 9.17) is 21.3 Å². The van der Waals surface area contributed by atoms with Gasteiger partial charge in [-0.1, -0.05) is 41.9 Å². The highest BCUT2D eigenvalue weighted by molar-refractivity contribution is 7.98. The summed E-state index contributed by atoms with van der Waals surface area (Å²) >= 11 is 7.85. The maximum Gasteiger partial charge on any atom is 0.220 e. The van der Waals surface area contributed by atoms with Gasteiger partial charge in [0.05, 0.1) is 22.9 Å². The molecule has 148 valence electrons. The zero-order chi connectivity index (χ0) is 20.5. The number of hydrogen-bond donors (Lipinski definition) is 1. The largest absolute Gasteiger partial charge is 0.441 e. The van der Waals surface area contributed by atoms with Gasteiger partial charge in [-0.2, -0.15) is 17.0 Å². The maximum absolute atomic E-state index is 12.0. The monoisotopic (exact) mass is 425 g/mol. The molecule has 0 aliphatic carbocycles. The summed E-state index contributed by atoms with van der Waals surface area (Å²) in [7, 11) is 0. The predicted octanol–water partition coefficient (Wildman–Crippen LogP) is 4.85. The number of nitrogens with zero attached hydrogens (tertiary/aromatic N) is 2. The van der Waals surface area contributed by atoms with Gasteiger partial charge in [0.15, 0.2) is 11.7 Å². The van der Waals surface area contributed by atoms with Crippen LogP contribution in [-0.4, -0.2) is 23.2 Å². The summed E-state index contributed by atoms with van der Waals surface area (Å²) in [5.41, 5.74) is 2.50. The number of aryl methyl sites for hydroxylation is 1. The van der Waals surface area contributed by atoms with Crippen molar-refractivity contribution < 1.29 is 9.21 Å². The Balaban J connectivity index is 1.36. The van der Waals surface area contributed by atoms with E-state index in [0.29, 0.717) is 41.6 Å². The molecule has 0 aliphatic rings. The van der Waals surface area contributed by atoms with Crippen LogP contribution in [0.25, 0.3) is 11.3 Å². The zero-order valence-corrected chi connectivity index (χ0v) is 17.3. The molecule has 3 aromatic rings. The number of hydrogen-bond acceptors (Lipinski definition) is 5. The third kappa shape index (κ3) is 6.11. The van der Waals surface area contributed by atoms with Crippen molar-refractivity contribution in [3.8, 4) is 17.4 Å². The number of nitriles is 1. The molecule has 0 bridgehead atoms. The van der Waals surface area contributed by atoms with Crippen molar-refractivity contribution >= 4 is 29.3 Å². The average molecular weight is 426 g/mol. The lowest BCUT2D eigenvalue weighted by atomic mass is 10.1. The van der Waals surface area contributed by atoms with Crippen molar-refractivity contribution in [3.05, 3.63) is 76.8 Å². The number of thioether (sulfide) groups is 1. The van der Waals surface area contributed by atoms with E-state index in [-0.39, 0.29) is 5.91 Å². The summed E-state index contributed by atoms with van der Waals surface area (Å²) in [4.78, 5) is 16.3. The fraction of sp³-hybridized carbons (Fsp3) is 0.227. The first-order valence-corrected chi connectivity index (χ1v) is 10.7. The first kappa shape index (κ1) is 21.0. The van der Waals surface area contributed by atoms with E-state index in [9.17, 15) is 4.79 Å². The minimum atomic E-state index is -0.0412. The first-order chi connectivity index (χ1) is 14.2. The molecule has 1 amide bonds. The van der Waals surface area contributed by atoms with Gasteiger partial charge in [-0.05, 0) is 23.8 Å². The van der Waals surface area contributed by atoms with Crippen molar-refractivity contribution in [1.29, 1.82) is 5.26 Å². The van der Waals surface area contributed by atoms with Crippen LogP contribution in [0.1, 0.15) is 23.4 Å². The number of nitrogens with one attached hydrogen (secondary N) is 1. The minimum Gasteiger partial charge on any atom is -0.441 e. The Morgan fingerprint density at radius 3 is 2.83 bits per heavy atom. The van der Waals surface area contributed by atoms with Gasteiger partial charge < -0.3 is 9.73 Å². The molecule has 3 rings (SSSR count). The third-order valence-corrected chi connectivity index (χ3v) is 5.56. The van der Waals surface area contributed by atoms with Crippen molar-refractivity contribution in [2.75, 3.05) is 12.3 Å². The van der Waals surface area contributed by atoms with Gasteiger partial charge >= 0.3 is 0 Å². The van der Waals surface area contributed by atoms with Crippen molar-refractivity contribution in [2.24, 2.45) is 0 Å². The van der Waals surface area contributed by atoms with Crippen LogP contribution in [0.2, 0.25) is 5.02 Å². The lowest BCUT2D eigenvalue weighted by Gasteiger charge is -2.06. The van der Waals surface area contributed by atoms with E-state index in [1.54, 1.807) is 24.0 Å². The number of halogens is 1. The number of rotatable bonds is 9. The molecule has 1 N–H and O–H groups in total. The van der Waals surface area contributed by atoms with Crippen LogP contribution in [0, 0.1) is 11.3 Å². The second-order valence-electron chi connectivity index (χ2n) is 6.27. The normalized spacial score (nSPS) is 10.5. The highest BCUT2D eigenvalue weighted by atomic mass is 35.5. The van der Waals surface area contributed by atoms with Crippen molar-refractivity contribution in [3.63, 3.8) is 0 Å². The van der Waals surface area contributed by atoms with Crippen LogP contribution in [-0.2, 0) is 17.0 Å². The summed E-state index contributed by atoms with van der Waals surface area (Å²) < 4.78 is 5.71. The van der Waals surface area contributed by atoms with E-state index in [0.717, 1.165) is 22.6 Å². The molecule has 0 spiro atoms. The summed E-state index contributed by atoms with van der Waals surface area (Å²) in [5.74, 6) is 2.60. The second-order valence-corrected chi connectivity index (χ2v) is 7.78. The van der Waals surface area contributed by atoms with E-state index in [1.165, 1.54) is 0 Å². The van der Waals surface area contributed by atoms with Gasteiger partial charge in [-0.15, -0.1) is 0 Å². The molecule has 2 aromatic carbocycles. The second kappa shape index (κ2) is 10.7. The number of benzene rings is 2. The van der Waals surface area contributed by atoms with E-state index in [2.05, 4.69) is 16.4 Å². The Bertz CT molecular complexity index is 1010.